The van der Waals surface area contributed by atoms with Crippen LogP contribution in [0.25, 0.3) is 11.3 Å². The van der Waals surface area contributed by atoms with Crippen molar-refractivity contribution in [1.82, 2.24) is 4.98 Å². The minimum absolute atomic E-state index is 0.0795. The van der Waals surface area contributed by atoms with Crippen LogP contribution in [-0.4, -0.2) is 10.8 Å². The van der Waals surface area contributed by atoms with E-state index >= 15 is 0 Å². The Balaban J connectivity index is 1.70. The van der Waals surface area contributed by atoms with E-state index in [2.05, 4.69) is 0 Å². The fourth-order valence-electron chi connectivity index (χ4n) is 3.41. The molecule has 0 saturated carbocycles. The van der Waals surface area contributed by atoms with Gasteiger partial charge in [-0.1, -0.05) is 53.8 Å². The molecular formula is C26H17FN2OS2. The molecule has 6 heteroatoms. The smallest absolute Gasteiger partial charge is 0.215 e. The summed E-state index contributed by atoms with van der Waals surface area (Å²) >= 11 is 2.74. The Kier molecular flexibility index (Phi) is 5.62. The zero-order valence-electron chi connectivity index (χ0n) is 16.8. The van der Waals surface area contributed by atoms with Crippen LogP contribution in [0.5, 0.6) is 0 Å². The molecule has 0 atom stereocenters. The predicted octanol–water partition coefficient (Wildman–Crippen LogP) is 7.71. The van der Waals surface area contributed by atoms with Gasteiger partial charge in [0.05, 0.1) is 10.6 Å². The lowest BCUT2D eigenvalue weighted by Crippen LogP contribution is -2.09. The number of carbonyl (C=O) groups is 1. The molecular weight excluding hydrogens is 439 g/mol. The number of nitrogens with zero attached hydrogens (tertiary/aromatic N) is 2. The van der Waals surface area contributed by atoms with E-state index in [-0.39, 0.29) is 11.6 Å². The number of carbonyl (C=O) groups excluding carboxylic acids is 1. The van der Waals surface area contributed by atoms with Crippen molar-refractivity contribution in [2.24, 2.45) is 0 Å². The second-order valence-electron chi connectivity index (χ2n) is 6.99. The summed E-state index contributed by atoms with van der Waals surface area (Å²) in [5.41, 5.74) is 3.14. The molecule has 0 amide bonds. The van der Waals surface area contributed by atoms with E-state index in [9.17, 15) is 9.18 Å². The topological polar surface area (TPSA) is 33.2 Å². The van der Waals surface area contributed by atoms with E-state index in [1.165, 1.54) is 34.8 Å². The van der Waals surface area contributed by atoms with Gasteiger partial charge >= 0.3 is 0 Å². The normalized spacial score (nSPS) is 10.8. The molecule has 5 rings (SSSR count). The number of para-hydroxylation sites is 2. The average Bonchev–Trinajstić information content (AvgIpc) is 3.52. The van der Waals surface area contributed by atoms with E-state index in [0.29, 0.717) is 26.1 Å². The minimum atomic E-state index is -0.328. The third-order valence-corrected chi connectivity index (χ3v) is 6.81. The number of ketones is 1. The third kappa shape index (κ3) is 3.98. The molecule has 0 aliphatic carbocycles. The summed E-state index contributed by atoms with van der Waals surface area (Å²) in [5.74, 6) is -0.408. The monoisotopic (exact) mass is 456 g/mol. The number of aromatic nitrogens is 1. The number of thiophene rings is 1. The quantitative estimate of drug-likeness (QED) is 0.245. The number of hydrogen-bond acceptors (Lipinski definition) is 5. The second-order valence-corrected chi connectivity index (χ2v) is 8.92. The molecule has 3 nitrogen and oxygen atoms in total. The highest BCUT2D eigenvalue weighted by molar-refractivity contribution is 7.19. The van der Waals surface area contributed by atoms with Crippen molar-refractivity contribution in [2.75, 3.05) is 4.90 Å². The Morgan fingerprint density at radius 2 is 1.41 bits per heavy atom. The first kappa shape index (κ1) is 20.3. The molecule has 32 heavy (non-hydrogen) atoms. The molecule has 0 unspecified atom stereocenters. The lowest BCUT2D eigenvalue weighted by atomic mass is 10.1. The Bertz CT molecular complexity index is 1290. The van der Waals surface area contributed by atoms with Crippen LogP contribution in [0, 0.1) is 5.82 Å². The maximum atomic E-state index is 13.6. The Morgan fingerprint density at radius 1 is 0.781 bits per heavy atom. The molecule has 0 saturated heterocycles. The summed E-state index contributed by atoms with van der Waals surface area (Å²) in [5, 5.41) is 2.55. The molecule has 2 heterocycles. The van der Waals surface area contributed by atoms with Gasteiger partial charge in [-0.15, -0.1) is 11.3 Å². The van der Waals surface area contributed by atoms with E-state index in [0.717, 1.165) is 11.4 Å². The van der Waals surface area contributed by atoms with E-state index in [1.807, 2.05) is 83.1 Å². The van der Waals surface area contributed by atoms with Gasteiger partial charge in [0.15, 0.2) is 5.13 Å². The van der Waals surface area contributed by atoms with Gasteiger partial charge in [0.1, 0.15) is 10.7 Å². The fraction of sp³-hybridized carbons (Fsp3) is 0. The molecule has 0 radical (unpaired) electrons. The van der Waals surface area contributed by atoms with Crippen LogP contribution >= 0.6 is 22.7 Å². The van der Waals surface area contributed by atoms with Crippen molar-refractivity contribution < 1.29 is 9.18 Å². The minimum Gasteiger partial charge on any atom is -0.287 e. The molecule has 0 aliphatic heterocycles. The number of anilines is 3. The summed E-state index contributed by atoms with van der Waals surface area (Å²) in [4.78, 5) is 21.5. The first-order chi connectivity index (χ1) is 15.7. The van der Waals surface area contributed by atoms with Crippen molar-refractivity contribution in [3.63, 3.8) is 0 Å². The van der Waals surface area contributed by atoms with E-state index in [4.69, 9.17) is 4.98 Å². The van der Waals surface area contributed by atoms with Gasteiger partial charge in [-0.2, -0.15) is 0 Å². The van der Waals surface area contributed by atoms with Gasteiger partial charge in [0, 0.05) is 16.9 Å². The Hall–Kier alpha value is -3.61. The largest absolute Gasteiger partial charge is 0.287 e. The number of benzene rings is 3. The van der Waals surface area contributed by atoms with Crippen LogP contribution in [0.4, 0.5) is 20.9 Å². The molecule has 0 N–H and O–H groups in total. The summed E-state index contributed by atoms with van der Waals surface area (Å²) in [6.45, 7) is 0. The van der Waals surface area contributed by atoms with Crippen LogP contribution < -0.4 is 4.90 Å². The van der Waals surface area contributed by atoms with Gasteiger partial charge in [-0.25, -0.2) is 9.37 Å². The standard InChI is InChI=1S/C26H17FN2OS2/c27-19-15-13-18(14-16-19)23-25(24(30)22-12-7-17-31-22)32-26(28-23)29(20-8-3-1-4-9-20)21-10-5-2-6-11-21/h1-17H. The first-order valence-corrected chi connectivity index (χ1v) is 11.7. The van der Waals surface area contributed by atoms with Crippen LogP contribution in [0.1, 0.15) is 14.5 Å². The molecule has 0 aliphatic rings. The summed E-state index contributed by atoms with van der Waals surface area (Å²) in [6.07, 6.45) is 0. The Morgan fingerprint density at radius 3 is 1.97 bits per heavy atom. The van der Waals surface area contributed by atoms with Crippen molar-refractivity contribution in [1.29, 1.82) is 0 Å². The molecule has 0 spiro atoms. The van der Waals surface area contributed by atoms with Crippen molar-refractivity contribution in [2.45, 2.75) is 0 Å². The van der Waals surface area contributed by atoms with Crippen LogP contribution in [0.15, 0.2) is 102 Å². The fourth-order valence-corrected chi connectivity index (χ4v) is 5.22. The highest BCUT2D eigenvalue weighted by Crippen LogP contribution is 2.41. The van der Waals surface area contributed by atoms with Gasteiger partial charge < -0.3 is 0 Å². The molecule has 3 aromatic carbocycles. The van der Waals surface area contributed by atoms with Crippen molar-refractivity contribution >= 4 is 45.0 Å². The molecule has 0 bridgehead atoms. The maximum Gasteiger partial charge on any atom is 0.215 e. The lowest BCUT2D eigenvalue weighted by Gasteiger charge is -2.22. The van der Waals surface area contributed by atoms with Crippen molar-refractivity contribution in [3.05, 3.63) is 118 Å². The van der Waals surface area contributed by atoms with Gasteiger partial charge in [0.25, 0.3) is 0 Å². The predicted molar refractivity (Wildman–Crippen MR) is 130 cm³/mol. The second kappa shape index (κ2) is 8.86. The molecule has 2 aromatic heterocycles. The SMILES string of the molecule is O=C(c1cccs1)c1sc(N(c2ccccc2)c2ccccc2)nc1-c1ccc(F)cc1. The summed E-state index contributed by atoms with van der Waals surface area (Å²) in [7, 11) is 0. The highest BCUT2D eigenvalue weighted by Gasteiger charge is 2.25. The Labute approximate surface area is 193 Å². The number of thiazole rings is 1. The summed E-state index contributed by atoms with van der Waals surface area (Å²) < 4.78 is 13.6. The zero-order valence-corrected chi connectivity index (χ0v) is 18.4. The molecule has 156 valence electrons. The van der Waals surface area contributed by atoms with Crippen LogP contribution in [0.3, 0.4) is 0 Å². The summed E-state index contributed by atoms with van der Waals surface area (Å²) in [6, 6.07) is 29.6. The van der Waals surface area contributed by atoms with Crippen LogP contribution in [-0.2, 0) is 0 Å². The average molecular weight is 457 g/mol. The van der Waals surface area contributed by atoms with E-state index < -0.39 is 0 Å². The number of halogens is 1. The third-order valence-electron chi connectivity index (χ3n) is 4.90. The first-order valence-electron chi connectivity index (χ1n) is 9.96. The number of rotatable bonds is 6. The molecule has 0 fully saturated rings. The van der Waals surface area contributed by atoms with E-state index in [1.54, 1.807) is 12.1 Å². The maximum absolute atomic E-state index is 13.6. The van der Waals surface area contributed by atoms with Gasteiger partial charge in [-0.05, 0) is 60.0 Å². The lowest BCUT2D eigenvalue weighted by molar-refractivity contribution is 0.104. The molecule has 5 aromatic rings. The van der Waals surface area contributed by atoms with Crippen LogP contribution in [0.2, 0.25) is 0 Å². The van der Waals surface area contributed by atoms with Gasteiger partial charge in [0.2, 0.25) is 5.78 Å². The zero-order chi connectivity index (χ0) is 21.9. The highest BCUT2D eigenvalue weighted by atomic mass is 32.1. The number of hydrogen-bond donors (Lipinski definition) is 0. The van der Waals surface area contributed by atoms with Crippen molar-refractivity contribution in [3.8, 4) is 11.3 Å². The van der Waals surface area contributed by atoms with Gasteiger partial charge in [-0.3, -0.25) is 9.69 Å².